The Kier molecular flexibility index (Phi) is 2.26. The molecule has 0 spiro atoms. The molecule has 0 bridgehead atoms. The maximum absolute atomic E-state index is 12.2. The minimum absolute atomic E-state index is 0.189. The van der Waals surface area contributed by atoms with Crippen LogP contribution >= 0.6 is 0 Å². The molecule has 0 saturated carbocycles. The van der Waals surface area contributed by atoms with Crippen LogP contribution in [-0.4, -0.2) is 20.5 Å². The number of carbonyl (C=O) groups excluding carboxylic acids is 1. The molecule has 18 heavy (non-hydrogen) atoms. The lowest BCUT2D eigenvalue weighted by Gasteiger charge is -1.96. The molecule has 0 radical (unpaired) electrons. The lowest BCUT2D eigenvalue weighted by atomic mass is 10.2. The van der Waals surface area contributed by atoms with Gasteiger partial charge in [0.25, 0.3) is 0 Å². The molecule has 0 amide bonds. The van der Waals surface area contributed by atoms with Crippen LogP contribution in [0.25, 0.3) is 11.1 Å². The molecular formula is C13H11N3O2. The van der Waals surface area contributed by atoms with Gasteiger partial charge in [-0.1, -0.05) is 0 Å². The van der Waals surface area contributed by atoms with Gasteiger partial charge in [0, 0.05) is 25.0 Å². The number of hydrogen-bond acceptors (Lipinski definition) is 4. The quantitative estimate of drug-likeness (QED) is 0.644. The molecule has 0 fully saturated rings. The van der Waals surface area contributed by atoms with Crippen molar-refractivity contribution in [3.8, 4) is 0 Å². The fourth-order valence-electron chi connectivity index (χ4n) is 1.86. The summed E-state index contributed by atoms with van der Waals surface area (Å²) in [6, 6.07) is 6.99. The van der Waals surface area contributed by atoms with Crippen LogP contribution in [-0.2, 0) is 7.05 Å². The first-order valence-corrected chi connectivity index (χ1v) is 5.55. The third kappa shape index (κ3) is 1.60. The van der Waals surface area contributed by atoms with Crippen molar-refractivity contribution >= 4 is 16.9 Å². The molecule has 0 unspecified atom stereocenters. The van der Waals surface area contributed by atoms with E-state index in [2.05, 4.69) is 10.1 Å². The highest BCUT2D eigenvalue weighted by molar-refractivity contribution is 6.07. The number of carbonyl (C=O) groups is 1. The summed E-state index contributed by atoms with van der Waals surface area (Å²) in [7, 11) is 1.72. The van der Waals surface area contributed by atoms with Gasteiger partial charge in [-0.15, -0.1) is 0 Å². The smallest absolute Gasteiger partial charge is 0.246 e. The van der Waals surface area contributed by atoms with Crippen molar-refractivity contribution in [2.45, 2.75) is 6.92 Å². The zero-order chi connectivity index (χ0) is 12.7. The molecular weight excluding hydrogens is 230 g/mol. The minimum atomic E-state index is -0.189. The Labute approximate surface area is 103 Å². The van der Waals surface area contributed by atoms with E-state index in [4.69, 9.17) is 4.42 Å². The van der Waals surface area contributed by atoms with Gasteiger partial charge in [0.2, 0.25) is 5.78 Å². The van der Waals surface area contributed by atoms with E-state index in [0.29, 0.717) is 16.8 Å². The van der Waals surface area contributed by atoms with Gasteiger partial charge in [0.15, 0.2) is 11.3 Å². The van der Waals surface area contributed by atoms with Crippen LogP contribution in [0, 0.1) is 6.92 Å². The number of furan rings is 1. The van der Waals surface area contributed by atoms with Crippen molar-refractivity contribution in [3.05, 3.63) is 47.6 Å². The van der Waals surface area contributed by atoms with Crippen molar-refractivity contribution < 1.29 is 9.21 Å². The largest absolute Gasteiger partial charge is 0.451 e. The van der Waals surface area contributed by atoms with Crippen LogP contribution in [0.3, 0.4) is 0 Å². The van der Waals surface area contributed by atoms with Crippen LogP contribution in [0.15, 0.2) is 34.9 Å². The second kappa shape index (κ2) is 3.80. The summed E-state index contributed by atoms with van der Waals surface area (Å²) < 4.78 is 7.03. The Bertz CT molecular complexity index is 740. The molecule has 3 aromatic rings. The van der Waals surface area contributed by atoms with Gasteiger partial charge in [-0.3, -0.25) is 9.48 Å². The van der Waals surface area contributed by atoms with Gasteiger partial charge in [0.05, 0.1) is 0 Å². The summed E-state index contributed by atoms with van der Waals surface area (Å²) in [5.74, 6) is 0.0948. The predicted octanol–water partition coefficient (Wildman–Crippen LogP) is 2.10. The topological polar surface area (TPSA) is 60.9 Å². The standard InChI is InChI=1S/C13H11N3O2/c1-8-3-4-11-9(15-8)7-12(18-11)13(17)10-5-6-14-16(10)2/h3-7H,1-2H3. The van der Waals surface area contributed by atoms with E-state index in [1.807, 2.05) is 19.1 Å². The van der Waals surface area contributed by atoms with E-state index in [-0.39, 0.29) is 11.5 Å². The SMILES string of the molecule is Cc1ccc2oc(C(=O)c3ccnn3C)cc2n1. The Balaban J connectivity index is 2.10. The first-order chi connectivity index (χ1) is 8.65. The molecule has 0 aliphatic rings. The summed E-state index contributed by atoms with van der Waals surface area (Å²) in [6.45, 7) is 1.90. The monoisotopic (exact) mass is 241 g/mol. The second-order valence-electron chi connectivity index (χ2n) is 4.12. The van der Waals surface area contributed by atoms with Crippen LogP contribution in [0.5, 0.6) is 0 Å². The molecule has 3 heterocycles. The number of nitrogens with zero attached hydrogens (tertiary/aromatic N) is 3. The zero-order valence-corrected chi connectivity index (χ0v) is 10.0. The molecule has 3 rings (SSSR count). The van der Waals surface area contributed by atoms with Crippen LogP contribution in [0.2, 0.25) is 0 Å². The highest BCUT2D eigenvalue weighted by Gasteiger charge is 2.17. The summed E-state index contributed by atoms with van der Waals surface area (Å²) >= 11 is 0. The fourth-order valence-corrected chi connectivity index (χ4v) is 1.86. The molecule has 5 nitrogen and oxygen atoms in total. The summed E-state index contributed by atoms with van der Waals surface area (Å²) in [6.07, 6.45) is 1.58. The number of pyridine rings is 1. The van der Waals surface area contributed by atoms with Crippen LogP contribution in [0.1, 0.15) is 21.9 Å². The molecule has 5 heteroatoms. The zero-order valence-electron chi connectivity index (χ0n) is 10.0. The van der Waals surface area contributed by atoms with Gasteiger partial charge in [-0.2, -0.15) is 5.10 Å². The van der Waals surface area contributed by atoms with E-state index in [0.717, 1.165) is 5.69 Å². The summed E-state index contributed by atoms with van der Waals surface area (Å²) in [5, 5.41) is 3.97. The van der Waals surface area contributed by atoms with E-state index in [1.165, 1.54) is 4.68 Å². The van der Waals surface area contributed by atoms with Crippen molar-refractivity contribution in [3.63, 3.8) is 0 Å². The first-order valence-electron chi connectivity index (χ1n) is 5.55. The third-order valence-electron chi connectivity index (χ3n) is 2.79. The van der Waals surface area contributed by atoms with E-state index < -0.39 is 0 Å². The maximum atomic E-state index is 12.2. The van der Waals surface area contributed by atoms with Crippen molar-refractivity contribution in [2.75, 3.05) is 0 Å². The van der Waals surface area contributed by atoms with E-state index in [9.17, 15) is 4.79 Å². The van der Waals surface area contributed by atoms with Crippen molar-refractivity contribution in [1.82, 2.24) is 14.8 Å². The van der Waals surface area contributed by atoms with E-state index in [1.54, 1.807) is 25.4 Å². The normalized spacial score (nSPS) is 11.0. The lowest BCUT2D eigenvalue weighted by Crippen LogP contribution is -2.07. The Morgan fingerprint density at radius 3 is 2.89 bits per heavy atom. The number of ketones is 1. The number of fused-ring (bicyclic) bond motifs is 1. The van der Waals surface area contributed by atoms with Crippen LogP contribution in [0.4, 0.5) is 0 Å². The van der Waals surface area contributed by atoms with Crippen LogP contribution < -0.4 is 0 Å². The van der Waals surface area contributed by atoms with Gasteiger partial charge in [0.1, 0.15) is 11.2 Å². The van der Waals surface area contributed by atoms with Gasteiger partial charge in [-0.25, -0.2) is 4.98 Å². The highest BCUT2D eigenvalue weighted by atomic mass is 16.3. The molecule has 0 N–H and O–H groups in total. The number of aromatic nitrogens is 3. The average molecular weight is 241 g/mol. The molecule has 0 saturated heterocycles. The number of aryl methyl sites for hydroxylation is 2. The molecule has 0 aliphatic heterocycles. The Hall–Kier alpha value is -2.43. The Morgan fingerprint density at radius 2 is 2.17 bits per heavy atom. The number of hydrogen-bond donors (Lipinski definition) is 0. The molecule has 0 aromatic carbocycles. The fraction of sp³-hybridized carbons (Fsp3) is 0.154. The molecule has 0 aliphatic carbocycles. The maximum Gasteiger partial charge on any atom is 0.246 e. The van der Waals surface area contributed by atoms with Gasteiger partial charge < -0.3 is 4.42 Å². The molecule has 3 aromatic heterocycles. The molecule has 90 valence electrons. The Morgan fingerprint density at radius 1 is 1.33 bits per heavy atom. The highest BCUT2D eigenvalue weighted by Crippen LogP contribution is 2.20. The average Bonchev–Trinajstić information content (AvgIpc) is 2.93. The number of rotatable bonds is 2. The summed E-state index contributed by atoms with van der Waals surface area (Å²) in [5.41, 5.74) is 2.69. The first kappa shape index (κ1) is 10.7. The molecule has 0 atom stereocenters. The van der Waals surface area contributed by atoms with Gasteiger partial charge >= 0.3 is 0 Å². The third-order valence-corrected chi connectivity index (χ3v) is 2.79. The van der Waals surface area contributed by atoms with Gasteiger partial charge in [-0.05, 0) is 25.1 Å². The van der Waals surface area contributed by atoms with Crippen molar-refractivity contribution in [1.29, 1.82) is 0 Å². The predicted molar refractivity (Wildman–Crippen MR) is 65.4 cm³/mol. The second-order valence-corrected chi connectivity index (χ2v) is 4.12. The lowest BCUT2D eigenvalue weighted by molar-refractivity contribution is 0.100. The van der Waals surface area contributed by atoms with Crippen molar-refractivity contribution in [2.24, 2.45) is 7.05 Å². The summed E-state index contributed by atoms with van der Waals surface area (Å²) in [4.78, 5) is 16.5. The minimum Gasteiger partial charge on any atom is -0.451 e. The van der Waals surface area contributed by atoms with E-state index >= 15 is 0 Å².